The summed E-state index contributed by atoms with van der Waals surface area (Å²) < 4.78 is 7.10. The maximum atomic E-state index is 12.1. The van der Waals surface area contributed by atoms with Crippen LogP contribution in [0.5, 0.6) is 0 Å². The monoisotopic (exact) mass is 402 g/mol. The van der Waals surface area contributed by atoms with Gasteiger partial charge in [0.05, 0.1) is 24.3 Å². The van der Waals surface area contributed by atoms with E-state index in [0.717, 1.165) is 56.6 Å². The van der Waals surface area contributed by atoms with Gasteiger partial charge in [0.1, 0.15) is 0 Å². The van der Waals surface area contributed by atoms with Crippen LogP contribution in [0.3, 0.4) is 0 Å². The van der Waals surface area contributed by atoms with Crippen molar-refractivity contribution in [2.45, 2.75) is 13.0 Å². The molecule has 154 valence electrons. The molecule has 0 atom stereocenters. The van der Waals surface area contributed by atoms with Crippen LogP contribution in [0.1, 0.15) is 22.3 Å². The predicted molar refractivity (Wildman–Crippen MR) is 118 cm³/mol. The number of benzene rings is 2. The summed E-state index contributed by atoms with van der Waals surface area (Å²) in [5.74, 6) is -0.288. The van der Waals surface area contributed by atoms with E-state index in [0.29, 0.717) is 11.1 Å². The topological polar surface area (TPSA) is 61.5 Å². The summed E-state index contributed by atoms with van der Waals surface area (Å²) in [6.45, 7) is 5.93. The normalized spacial score (nSPS) is 14.6. The van der Waals surface area contributed by atoms with Gasteiger partial charge in [-0.1, -0.05) is 18.2 Å². The molecule has 6 nitrogen and oxygen atoms in total. The predicted octanol–water partition coefficient (Wildman–Crippen LogP) is 3.51. The number of fused-ring (bicyclic) bond motifs is 1. The Morgan fingerprint density at radius 3 is 2.47 bits per heavy atom. The lowest BCUT2D eigenvalue weighted by molar-refractivity contribution is 0.0602. The molecular formula is C24H26N4O2. The Balaban J connectivity index is 1.31. The molecule has 2 aromatic carbocycles. The van der Waals surface area contributed by atoms with E-state index in [9.17, 15) is 4.79 Å². The number of methoxy groups -OCH3 is 1. The lowest BCUT2D eigenvalue weighted by Gasteiger charge is -2.36. The lowest BCUT2D eigenvalue weighted by Crippen LogP contribution is -2.46. The molecule has 0 unspecified atom stereocenters. The standard InChI is InChI=1S/C24H26N4O2/c1-30-24(29)22-18-28(23-6-3-2-5-21(22)23)12-4-11-26-13-15-27(16-14-26)20-9-7-19(17-25)8-10-20/h2-3,5-10,18H,4,11-16H2,1H3. The maximum absolute atomic E-state index is 12.1. The number of anilines is 1. The second kappa shape index (κ2) is 9.02. The zero-order valence-electron chi connectivity index (χ0n) is 17.3. The molecule has 0 amide bonds. The average molecular weight is 402 g/mol. The van der Waals surface area contributed by atoms with Crippen molar-refractivity contribution in [3.63, 3.8) is 0 Å². The highest BCUT2D eigenvalue weighted by Gasteiger charge is 2.18. The van der Waals surface area contributed by atoms with Crippen LogP contribution in [-0.2, 0) is 11.3 Å². The van der Waals surface area contributed by atoms with Crippen molar-refractivity contribution in [1.82, 2.24) is 9.47 Å². The Bertz CT molecular complexity index is 1060. The molecule has 3 aromatic rings. The lowest BCUT2D eigenvalue weighted by atomic mass is 10.2. The number of hydrogen-bond donors (Lipinski definition) is 0. The van der Waals surface area contributed by atoms with Crippen LogP contribution in [-0.4, -0.2) is 55.3 Å². The van der Waals surface area contributed by atoms with Crippen molar-refractivity contribution in [3.05, 3.63) is 65.9 Å². The Morgan fingerprint density at radius 1 is 1.03 bits per heavy atom. The number of aromatic nitrogens is 1. The van der Waals surface area contributed by atoms with E-state index in [1.54, 1.807) is 0 Å². The molecule has 30 heavy (non-hydrogen) atoms. The van der Waals surface area contributed by atoms with Gasteiger partial charge in [-0.15, -0.1) is 0 Å². The van der Waals surface area contributed by atoms with E-state index in [4.69, 9.17) is 10.00 Å². The largest absolute Gasteiger partial charge is 0.465 e. The molecule has 1 aliphatic rings. The zero-order valence-corrected chi connectivity index (χ0v) is 17.3. The molecule has 1 saturated heterocycles. The van der Waals surface area contributed by atoms with Gasteiger partial charge in [-0.25, -0.2) is 4.79 Å². The number of carbonyl (C=O) groups is 1. The minimum Gasteiger partial charge on any atom is -0.465 e. The number of nitriles is 1. The number of esters is 1. The first-order valence-corrected chi connectivity index (χ1v) is 10.3. The molecule has 0 N–H and O–H groups in total. The molecule has 1 fully saturated rings. The summed E-state index contributed by atoms with van der Waals surface area (Å²) in [5.41, 5.74) is 3.58. The average Bonchev–Trinajstić information content (AvgIpc) is 3.18. The van der Waals surface area contributed by atoms with Gasteiger partial charge < -0.3 is 14.2 Å². The molecular weight excluding hydrogens is 376 g/mol. The first-order chi connectivity index (χ1) is 14.7. The Hall–Kier alpha value is -3.30. The van der Waals surface area contributed by atoms with Crippen molar-refractivity contribution in [2.24, 2.45) is 0 Å². The smallest absolute Gasteiger partial charge is 0.340 e. The molecule has 0 aliphatic carbocycles. The number of aryl methyl sites for hydroxylation is 1. The molecule has 0 bridgehead atoms. The van der Waals surface area contributed by atoms with Crippen molar-refractivity contribution >= 4 is 22.6 Å². The van der Waals surface area contributed by atoms with E-state index in [2.05, 4.69) is 26.5 Å². The molecule has 2 heterocycles. The number of carbonyl (C=O) groups excluding carboxylic acids is 1. The molecule has 0 radical (unpaired) electrons. The fourth-order valence-corrected chi connectivity index (χ4v) is 4.15. The summed E-state index contributed by atoms with van der Waals surface area (Å²) in [7, 11) is 1.42. The number of piperazine rings is 1. The van der Waals surface area contributed by atoms with Gasteiger partial charge in [-0.3, -0.25) is 4.90 Å². The molecule has 1 aromatic heterocycles. The first kappa shape index (κ1) is 20.0. The van der Waals surface area contributed by atoms with Crippen molar-refractivity contribution < 1.29 is 9.53 Å². The highest BCUT2D eigenvalue weighted by Crippen LogP contribution is 2.23. The summed E-state index contributed by atoms with van der Waals surface area (Å²) in [5, 5.41) is 9.89. The van der Waals surface area contributed by atoms with Gasteiger partial charge in [-0.2, -0.15) is 5.26 Å². The van der Waals surface area contributed by atoms with Crippen LogP contribution in [0.2, 0.25) is 0 Å². The highest BCUT2D eigenvalue weighted by atomic mass is 16.5. The second-order valence-electron chi connectivity index (χ2n) is 7.59. The molecule has 0 saturated carbocycles. The van der Waals surface area contributed by atoms with Crippen molar-refractivity contribution in [2.75, 3.05) is 44.7 Å². The van der Waals surface area contributed by atoms with E-state index in [-0.39, 0.29) is 5.97 Å². The summed E-state index contributed by atoms with van der Waals surface area (Å²) in [6.07, 6.45) is 2.94. The fourth-order valence-electron chi connectivity index (χ4n) is 4.15. The summed E-state index contributed by atoms with van der Waals surface area (Å²) in [6, 6.07) is 18.0. The van der Waals surface area contributed by atoms with E-state index >= 15 is 0 Å². The molecule has 6 heteroatoms. The third-order valence-electron chi connectivity index (χ3n) is 5.80. The van der Waals surface area contributed by atoms with Gasteiger partial charge in [-0.05, 0) is 43.3 Å². The number of para-hydroxylation sites is 1. The number of nitrogens with zero attached hydrogens (tertiary/aromatic N) is 4. The molecule has 4 rings (SSSR count). The zero-order chi connectivity index (χ0) is 20.9. The minimum atomic E-state index is -0.288. The van der Waals surface area contributed by atoms with Crippen LogP contribution in [0.4, 0.5) is 5.69 Å². The van der Waals surface area contributed by atoms with Gasteiger partial charge in [0, 0.05) is 55.5 Å². The van der Waals surface area contributed by atoms with Crippen LogP contribution in [0.25, 0.3) is 10.9 Å². The third kappa shape index (κ3) is 4.17. The number of hydrogen-bond acceptors (Lipinski definition) is 5. The number of rotatable bonds is 6. The van der Waals surface area contributed by atoms with Crippen LogP contribution in [0, 0.1) is 11.3 Å². The second-order valence-corrected chi connectivity index (χ2v) is 7.59. The van der Waals surface area contributed by atoms with Crippen molar-refractivity contribution in [1.29, 1.82) is 5.26 Å². The summed E-state index contributed by atoms with van der Waals surface area (Å²) >= 11 is 0. The highest BCUT2D eigenvalue weighted by molar-refractivity contribution is 6.04. The van der Waals surface area contributed by atoms with Gasteiger partial charge in [0.15, 0.2) is 0 Å². The number of ether oxygens (including phenoxy) is 1. The quantitative estimate of drug-likeness (QED) is 0.591. The van der Waals surface area contributed by atoms with Crippen LogP contribution in [0.15, 0.2) is 54.7 Å². The van der Waals surface area contributed by atoms with E-state index in [1.165, 1.54) is 12.8 Å². The fraction of sp³-hybridized carbons (Fsp3) is 0.333. The van der Waals surface area contributed by atoms with Gasteiger partial charge in [0.25, 0.3) is 0 Å². The minimum absolute atomic E-state index is 0.288. The Kier molecular flexibility index (Phi) is 6.01. The van der Waals surface area contributed by atoms with E-state index < -0.39 is 0 Å². The van der Waals surface area contributed by atoms with E-state index in [1.807, 2.05) is 48.7 Å². The maximum Gasteiger partial charge on any atom is 0.340 e. The summed E-state index contributed by atoms with van der Waals surface area (Å²) in [4.78, 5) is 16.9. The van der Waals surface area contributed by atoms with Crippen LogP contribution < -0.4 is 4.90 Å². The van der Waals surface area contributed by atoms with Gasteiger partial charge >= 0.3 is 5.97 Å². The van der Waals surface area contributed by atoms with Crippen molar-refractivity contribution in [3.8, 4) is 6.07 Å². The first-order valence-electron chi connectivity index (χ1n) is 10.3. The molecule has 1 aliphatic heterocycles. The SMILES string of the molecule is COC(=O)c1cn(CCCN2CCN(c3ccc(C#N)cc3)CC2)c2ccccc12. The Morgan fingerprint density at radius 2 is 1.77 bits per heavy atom. The van der Waals surface area contributed by atoms with Crippen LogP contribution >= 0.6 is 0 Å². The Labute approximate surface area is 176 Å². The molecule has 0 spiro atoms. The third-order valence-corrected chi connectivity index (χ3v) is 5.80. The van der Waals surface area contributed by atoms with Gasteiger partial charge in [0.2, 0.25) is 0 Å².